The van der Waals surface area contributed by atoms with E-state index in [0.29, 0.717) is 11.3 Å². The van der Waals surface area contributed by atoms with Crippen molar-refractivity contribution in [2.75, 3.05) is 11.6 Å². The zero-order valence-corrected chi connectivity index (χ0v) is 14.0. The molecule has 0 atom stereocenters. The molecule has 0 saturated heterocycles. The molecular formula is C15H14BrNO3S. The monoisotopic (exact) mass is 367 g/mol. The normalized spacial score (nSPS) is 11.2. The molecule has 0 saturated carbocycles. The second kappa shape index (κ2) is 5.99. The third-order valence-electron chi connectivity index (χ3n) is 2.99. The first-order chi connectivity index (χ1) is 9.77. The highest BCUT2D eigenvalue weighted by Gasteiger charge is 2.12. The van der Waals surface area contributed by atoms with Gasteiger partial charge in [-0.3, -0.25) is 4.79 Å². The number of hydrogen-bond acceptors (Lipinski definition) is 3. The minimum Gasteiger partial charge on any atom is -0.322 e. The van der Waals surface area contributed by atoms with E-state index in [2.05, 4.69) is 21.2 Å². The molecule has 0 spiro atoms. The Hall–Kier alpha value is -1.66. The lowest BCUT2D eigenvalue weighted by atomic mass is 10.1. The molecular weight excluding hydrogens is 354 g/mol. The summed E-state index contributed by atoms with van der Waals surface area (Å²) in [7, 11) is -3.31. The molecule has 2 aromatic rings. The van der Waals surface area contributed by atoms with Crippen molar-refractivity contribution in [1.82, 2.24) is 0 Å². The minimum absolute atomic E-state index is 0.180. The number of hydrogen-bond donors (Lipinski definition) is 1. The zero-order chi connectivity index (χ0) is 15.6. The lowest BCUT2D eigenvalue weighted by Crippen LogP contribution is -2.13. The molecule has 0 aromatic heterocycles. The van der Waals surface area contributed by atoms with E-state index < -0.39 is 9.84 Å². The molecule has 6 heteroatoms. The summed E-state index contributed by atoms with van der Waals surface area (Å²) >= 11 is 3.31. The Bertz CT molecular complexity index is 783. The first-order valence-corrected chi connectivity index (χ1v) is 8.83. The van der Waals surface area contributed by atoms with Gasteiger partial charge >= 0.3 is 0 Å². The van der Waals surface area contributed by atoms with Crippen molar-refractivity contribution < 1.29 is 13.2 Å². The molecule has 0 bridgehead atoms. The van der Waals surface area contributed by atoms with E-state index in [4.69, 9.17) is 0 Å². The standard InChI is InChI=1S/C15H14BrNO3S/c1-10-3-8-13(21(2,19)20)9-14(10)17-15(18)11-4-6-12(16)7-5-11/h3-9H,1-2H3,(H,17,18). The minimum atomic E-state index is -3.31. The smallest absolute Gasteiger partial charge is 0.255 e. The molecule has 0 radical (unpaired) electrons. The Morgan fingerprint density at radius 3 is 2.29 bits per heavy atom. The van der Waals surface area contributed by atoms with Gasteiger partial charge in [0.25, 0.3) is 5.91 Å². The Morgan fingerprint density at radius 1 is 1.10 bits per heavy atom. The van der Waals surface area contributed by atoms with Crippen LogP contribution in [0, 0.1) is 6.92 Å². The van der Waals surface area contributed by atoms with Gasteiger partial charge in [-0.2, -0.15) is 0 Å². The number of aryl methyl sites for hydroxylation is 1. The third-order valence-corrected chi connectivity index (χ3v) is 4.63. The summed E-state index contributed by atoms with van der Waals surface area (Å²) < 4.78 is 24.0. The number of sulfone groups is 1. The molecule has 2 aromatic carbocycles. The van der Waals surface area contributed by atoms with Crippen LogP contribution in [0.1, 0.15) is 15.9 Å². The van der Waals surface area contributed by atoms with Crippen molar-refractivity contribution in [3.8, 4) is 0 Å². The number of carbonyl (C=O) groups excluding carboxylic acids is 1. The van der Waals surface area contributed by atoms with Crippen LogP contribution < -0.4 is 5.32 Å². The first kappa shape index (κ1) is 15.7. The Kier molecular flexibility index (Phi) is 4.49. The van der Waals surface area contributed by atoms with Crippen LogP contribution >= 0.6 is 15.9 Å². The lowest BCUT2D eigenvalue weighted by Gasteiger charge is -2.10. The third kappa shape index (κ3) is 3.92. The Balaban J connectivity index is 2.31. The van der Waals surface area contributed by atoms with Crippen LogP contribution in [0.5, 0.6) is 0 Å². The topological polar surface area (TPSA) is 63.2 Å². The Morgan fingerprint density at radius 2 is 1.71 bits per heavy atom. The Labute approximate surface area is 132 Å². The van der Waals surface area contributed by atoms with Crippen LogP contribution in [0.4, 0.5) is 5.69 Å². The van der Waals surface area contributed by atoms with Gasteiger partial charge in [-0.25, -0.2) is 8.42 Å². The van der Waals surface area contributed by atoms with Crippen LogP contribution in [0.15, 0.2) is 51.8 Å². The second-order valence-electron chi connectivity index (χ2n) is 4.71. The van der Waals surface area contributed by atoms with Crippen LogP contribution in [0.25, 0.3) is 0 Å². The molecule has 110 valence electrons. The molecule has 0 aliphatic heterocycles. The average molecular weight is 368 g/mol. The molecule has 0 aliphatic carbocycles. The number of benzene rings is 2. The summed E-state index contributed by atoms with van der Waals surface area (Å²) in [4.78, 5) is 12.3. The number of carbonyl (C=O) groups is 1. The molecule has 4 nitrogen and oxygen atoms in total. The molecule has 2 rings (SSSR count). The molecule has 21 heavy (non-hydrogen) atoms. The summed E-state index contributed by atoms with van der Waals surface area (Å²) in [5.74, 6) is -0.281. The summed E-state index contributed by atoms with van der Waals surface area (Å²) in [6.07, 6.45) is 1.14. The number of halogens is 1. The average Bonchev–Trinajstić information content (AvgIpc) is 2.40. The molecule has 1 N–H and O–H groups in total. The van der Waals surface area contributed by atoms with E-state index >= 15 is 0 Å². The van der Waals surface area contributed by atoms with Crippen molar-refractivity contribution in [2.24, 2.45) is 0 Å². The van der Waals surface area contributed by atoms with Crippen LogP contribution in [-0.4, -0.2) is 20.6 Å². The van der Waals surface area contributed by atoms with Gasteiger partial charge in [0.2, 0.25) is 0 Å². The van der Waals surface area contributed by atoms with Gasteiger partial charge in [-0.05, 0) is 48.9 Å². The fourth-order valence-corrected chi connectivity index (χ4v) is 2.67. The molecule has 0 aliphatic rings. The van der Waals surface area contributed by atoms with Crippen molar-refractivity contribution in [2.45, 2.75) is 11.8 Å². The maximum Gasteiger partial charge on any atom is 0.255 e. The molecule has 0 fully saturated rings. The van der Waals surface area contributed by atoms with Crippen molar-refractivity contribution in [3.05, 3.63) is 58.1 Å². The highest BCUT2D eigenvalue weighted by atomic mass is 79.9. The van der Waals surface area contributed by atoms with E-state index in [-0.39, 0.29) is 10.8 Å². The van der Waals surface area contributed by atoms with Crippen molar-refractivity contribution in [1.29, 1.82) is 0 Å². The summed E-state index contributed by atoms with van der Waals surface area (Å²) in [5, 5.41) is 2.74. The maximum absolute atomic E-state index is 12.2. The van der Waals surface area contributed by atoms with E-state index in [1.165, 1.54) is 12.1 Å². The van der Waals surface area contributed by atoms with Gasteiger partial charge in [0.05, 0.1) is 4.90 Å². The van der Waals surface area contributed by atoms with Gasteiger partial charge in [-0.15, -0.1) is 0 Å². The van der Waals surface area contributed by atoms with Crippen LogP contribution in [-0.2, 0) is 9.84 Å². The van der Waals surface area contributed by atoms with Crippen molar-refractivity contribution >= 4 is 37.4 Å². The summed E-state index contributed by atoms with van der Waals surface area (Å²) in [6.45, 7) is 1.81. The summed E-state index contributed by atoms with van der Waals surface area (Å²) in [5.41, 5.74) is 1.79. The van der Waals surface area contributed by atoms with E-state index in [1.807, 2.05) is 6.92 Å². The van der Waals surface area contributed by atoms with E-state index in [0.717, 1.165) is 16.3 Å². The first-order valence-electron chi connectivity index (χ1n) is 6.15. The molecule has 0 heterocycles. The van der Waals surface area contributed by atoms with Gasteiger partial charge in [0.15, 0.2) is 9.84 Å². The highest BCUT2D eigenvalue weighted by molar-refractivity contribution is 9.10. The fraction of sp³-hybridized carbons (Fsp3) is 0.133. The van der Waals surface area contributed by atoms with Crippen LogP contribution in [0.3, 0.4) is 0 Å². The van der Waals surface area contributed by atoms with Gasteiger partial charge in [0, 0.05) is 22.0 Å². The SMILES string of the molecule is Cc1ccc(S(C)(=O)=O)cc1NC(=O)c1ccc(Br)cc1. The molecule has 0 unspecified atom stereocenters. The van der Waals surface area contributed by atoms with E-state index in [9.17, 15) is 13.2 Å². The lowest BCUT2D eigenvalue weighted by molar-refractivity contribution is 0.102. The van der Waals surface area contributed by atoms with Gasteiger partial charge in [-0.1, -0.05) is 22.0 Å². The maximum atomic E-state index is 12.2. The number of anilines is 1. The predicted octanol–water partition coefficient (Wildman–Crippen LogP) is 3.41. The predicted molar refractivity (Wildman–Crippen MR) is 86.4 cm³/mol. The van der Waals surface area contributed by atoms with Crippen LogP contribution in [0.2, 0.25) is 0 Å². The fourth-order valence-electron chi connectivity index (χ4n) is 1.76. The van der Waals surface area contributed by atoms with Gasteiger partial charge in [0.1, 0.15) is 0 Å². The number of amides is 1. The van der Waals surface area contributed by atoms with E-state index in [1.54, 1.807) is 30.3 Å². The van der Waals surface area contributed by atoms with Gasteiger partial charge < -0.3 is 5.32 Å². The largest absolute Gasteiger partial charge is 0.322 e. The zero-order valence-electron chi connectivity index (χ0n) is 11.6. The quantitative estimate of drug-likeness (QED) is 0.903. The van der Waals surface area contributed by atoms with Crippen molar-refractivity contribution in [3.63, 3.8) is 0 Å². The number of rotatable bonds is 3. The molecule has 1 amide bonds. The highest BCUT2D eigenvalue weighted by Crippen LogP contribution is 2.21. The number of nitrogens with one attached hydrogen (secondary N) is 1. The summed E-state index contributed by atoms with van der Waals surface area (Å²) in [6, 6.07) is 11.6. The second-order valence-corrected chi connectivity index (χ2v) is 7.64.